The summed E-state index contributed by atoms with van der Waals surface area (Å²) in [5.41, 5.74) is 2.75. The molecule has 0 saturated carbocycles. The molecule has 1 aromatic carbocycles. The molecule has 152 valence electrons. The van der Waals surface area contributed by atoms with Gasteiger partial charge in [-0.2, -0.15) is 5.10 Å². The van der Waals surface area contributed by atoms with Gasteiger partial charge >= 0.3 is 0 Å². The molecule has 0 spiro atoms. The molecule has 3 aliphatic heterocycles. The highest BCUT2D eigenvalue weighted by atomic mass is 16.2. The third-order valence-corrected chi connectivity index (χ3v) is 6.67. The molecule has 0 aliphatic carbocycles. The van der Waals surface area contributed by atoms with E-state index in [0.717, 1.165) is 49.3 Å². The number of H-pyrrole nitrogens is 1. The zero-order chi connectivity index (χ0) is 19.8. The standard InChI is InChI=1S/C22H27N5O2/c28-20-8-4-7-19-15-9-16(12-23-11-15)21(27(19)20)22(29)24-13-17-10-18(26-25-17)14-5-2-1-3-6-14/h1-3,5-6,10,15-16,19,21,23H,4,7-9,11-13H2,(H,24,29)(H,25,26)/t15-,16+,19+,21-/m1/s1. The van der Waals surface area contributed by atoms with Gasteiger partial charge in [-0.15, -0.1) is 0 Å². The number of benzene rings is 1. The molecule has 4 atom stereocenters. The van der Waals surface area contributed by atoms with Crippen LogP contribution in [-0.2, 0) is 16.1 Å². The fourth-order valence-corrected chi connectivity index (χ4v) is 5.35. The lowest BCUT2D eigenvalue weighted by atomic mass is 9.72. The minimum Gasteiger partial charge on any atom is -0.349 e. The number of nitrogens with zero attached hydrogens (tertiary/aromatic N) is 2. The predicted molar refractivity (Wildman–Crippen MR) is 109 cm³/mol. The molecule has 0 unspecified atom stereocenters. The van der Waals surface area contributed by atoms with Gasteiger partial charge in [0.1, 0.15) is 6.04 Å². The molecule has 3 aliphatic rings. The Hall–Kier alpha value is -2.67. The number of fused-ring (bicyclic) bond motifs is 4. The van der Waals surface area contributed by atoms with Crippen LogP contribution in [0.1, 0.15) is 31.4 Å². The Balaban J connectivity index is 1.30. The molecule has 3 saturated heterocycles. The Morgan fingerprint density at radius 3 is 2.90 bits per heavy atom. The number of hydrogen-bond acceptors (Lipinski definition) is 4. The number of amides is 2. The van der Waals surface area contributed by atoms with Crippen molar-refractivity contribution in [1.82, 2.24) is 25.7 Å². The lowest BCUT2D eigenvalue weighted by Gasteiger charge is -2.53. The van der Waals surface area contributed by atoms with Crippen LogP contribution in [0.25, 0.3) is 11.3 Å². The summed E-state index contributed by atoms with van der Waals surface area (Å²) >= 11 is 0. The molecule has 3 N–H and O–H groups in total. The van der Waals surface area contributed by atoms with Crippen LogP contribution in [-0.4, -0.2) is 52.1 Å². The van der Waals surface area contributed by atoms with Crippen molar-refractivity contribution in [3.05, 3.63) is 42.1 Å². The molecule has 2 aromatic rings. The summed E-state index contributed by atoms with van der Waals surface area (Å²) in [6.45, 7) is 2.13. The van der Waals surface area contributed by atoms with Crippen LogP contribution in [0, 0.1) is 11.8 Å². The fourth-order valence-electron chi connectivity index (χ4n) is 5.35. The first-order valence-corrected chi connectivity index (χ1v) is 10.6. The molecular formula is C22H27N5O2. The molecule has 3 fully saturated rings. The van der Waals surface area contributed by atoms with E-state index in [-0.39, 0.29) is 29.8 Å². The normalized spacial score (nSPS) is 28.7. The zero-order valence-electron chi connectivity index (χ0n) is 16.4. The Bertz CT molecular complexity index is 896. The van der Waals surface area contributed by atoms with Crippen LogP contribution in [0.15, 0.2) is 36.4 Å². The van der Waals surface area contributed by atoms with E-state index in [1.54, 1.807) is 0 Å². The topological polar surface area (TPSA) is 90.1 Å². The summed E-state index contributed by atoms with van der Waals surface area (Å²) in [6, 6.07) is 11.7. The van der Waals surface area contributed by atoms with Gasteiger partial charge in [-0.1, -0.05) is 30.3 Å². The van der Waals surface area contributed by atoms with E-state index in [0.29, 0.717) is 18.9 Å². The van der Waals surface area contributed by atoms with Gasteiger partial charge in [0.25, 0.3) is 0 Å². The molecule has 4 heterocycles. The maximum atomic E-state index is 13.2. The monoisotopic (exact) mass is 393 g/mol. The van der Waals surface area contributed by atoms with Crippen LogP contribution in [0.3, 0.4) is 0 Å². The molecule has 2 bridgehead atoms. The third-order valence-electron chi connectivity index (χ3n) is 6.67. The second-order valence-electron chi connectivity index (χ2n) is 8.48. The van der Waals surface area contributed by atoms with Crippen molar-refractivity contribution in [3.8, 4) is 11.3 Å². The summed E-state index contributed by atoms with van der Waals surface area (Å²) in [6.07, 6.45) is 3.54. The maximum Gasteiger partial charge on any atom is 0.243 e. The van der Waals surface area contributed by atoms with Crippen molar-refractivity contribution in [3.63, 3.8) is 0 Å². The number of carbonyl (C=O) groups is 2. The summed E-state index contributed by atoms with van der Waals surface area (Å²) in [7, 11) is 0. The SMILES string of the molecule is O=C(NCc1cc(-c2ccccc2)n[nH]1)[C@H]1[C@@H]2CNC[C@@H](C2)[C@@H]2CCCC(=O)N21. The smallest absolute Gasteiger partial charge is 0.243 e. The highest BCUT2D eigenvalue weighted by Gasteiger charge is 2.50. The molecule has 1 aromatic heterocycles. The number of carbonyl (C=O) groups excluding carboxylic acids is 2. The third kappa shape index (κ3) is 3.44. The van der Waals surface area contributed by atoms with Crippen LogP contribution in [0.4, 0.5) is 0 Å². The van der Waals surface area contributed by atoms with Crippen LogP contribution >= 0.6 is 0 Å². The first kappa shape index (κ1) is 18.4. The van der Waals surface area contributed by atoms with Gasteiger partial charge in [0.2, 0.25) is 11.8 Å². The lowest BCUT2D eigenvalue weighted by Crippen LogP contribution is -2.67. The minimum absolute atomic E-state index is 0.0479. The van der Waals surface area contributed by atoms with Gasteiger partial charge in [-0.25, -0.2) is 0 Å². The van der Waals surface area contributed by atoms with Crippen LogP contribution in [0.5, 0.6) is 0 Å². The minimum atomic E-state index is -0.367. The number of aromatic amines is 1. The van der Waals surface area contributed by atoms with Gasteiger partial charge in [0.15, 0.2) is 0 Å². The summed E-state index contributed by atoms with van der Waals surface area (Å²) < 4.78 is 0. The fraction of sp³-hybridized carbons (Fsp3) is 0.500. The van der Waals surface area contributed by atoms with E-state index < -0.39 is 0 Å². The summed E-state index contributed by atoms with van der Waals surface area (Å²) in [5, 5.41) is 13.9. The number of nitrogens with one attached hydrogen (secondary N) is 3. The Labute approximate surface area is 170 Å². The number of aromatic nitrogens is 2. The van der Waals surface area contributed by atoms with Crippen LogP contribution < -0.4 is 10.6 Å². The lowest BCUT2D eigenvalue weighted by molar-refractivity contribution is -0.157. The van der Waals surface area contributed by atoms with E-state index in [9.17, 15) is 9.59 Å². The van der Waals surface area contributed by atoms with Crippen molar-refractivity contribution in [1.29, 1.82) is 0 Å². The Kier molecular flexibility index (Phi) is 4.83. The average molecular weight is 393 g/mol. The van der Waals surface area contributed by atoms with Gasteiger partial charge < -0.3 is 15.5 Å². The molecule has 7 heteroatoms. The van der Waals surface area contributed by atoms with Crippen molar-refractivity contribution in [2.75, 3.05) is 13.1 Å². The predicted octanol–water partition coefficient (Wildman–Crippen LogP) is 1.68. The molecule has 2 amide bonds. The summed E-state index contributed by atoms with van der Waals surface area (Å²) in [5.74, 6) is 0.760. The van der Waals surface area contributed by atoms with Crippen molar-refractivity contribution in [2.24, 2.45) is 11.8 Å². The Morgan fingerprint density at radius 1 is 1.21 bits per heavy atom. The molecular weight excluding hydrogens is 366 g/mol. The van der Waals surface area contributed by atoms with Crippen molar-refractivity contribution in [2.45, 2.75) is 44.3 Å². The second kappa shape index (κ2) is 7.63. The number of piperidine rings is 3. The highest BCUT2D eigenvalue weighted by Crippen LogP contribution is 2.39. The molecule has 29 heavy (non-hydrogen) atoms. The van der Waals surface area contributed by atoms with E-state index >= 15 is 0 Å². The number of hydrogen-bond donors (Lipinski definition) is 3. The zero-order valence-corrected chi connectivity index (χ0v) is 16.4. The van der Waals surface area contributed by atoms with E-state index in [4.69, 9.17) is 0 Å². The van der Waals surface area contributed by atoms with Gasteiger partial charge in [-0.3, -0.25) is 14.7 Å². The van der Waals surface area contributed by atoms with Crippen molar-refractivity contribution >= 4 is 11.8 Å². The molecule has 7 nitrogen and oxygen atoms in total. The van der Waals surface area contributed by atoms with Crippen LogP contribution in [0.2, 0.25) is 0 Å². The van der Waals surface area contributed by atoms with E-state index in [1.165, 1.54) is 0 Å². The molecule has 5 rings (SSSR count). The van der Waals surface area contributed by atoms with Gasteiger partial charge in [-0.05, 0) is 37.8 Å². The largest absolute Gasteiger partial charge is 0.349 e. The summed E-state index contributed by atoms with van der Waals surface area (Å²) in [4.78, 5) is 27.8. The average Bonchev–Trinajstić information content (AvgIpc) is 3.23. The van der Waals surface area contributed by atoms with Crippen molar-refractivity contribution < 1.29 is 9.59 Å². The Morgan fingerprint density at radius 2 is 2.03 bits per heavy atom. The van der Waals surface area contributed by atoms with Gasteiger partial charge in [0.05, 0.1) is 17.9 Å². The highest BCUT2D eigenvalue weighted by molar-refractivity contribution is 5.89. The molecule has 0 radical (unpaired) electrons. The quantitative estimate of drug-likeness (QED) is 0.737. The second-order valence-corrected chi connectivity index (χ2v) is 8.48. The maximum absolute atomic E-state index is 13.2. The number of rotatable bonds is 4. The van der Waals surface area contributed by atoms with Gasteiger partial charge in [0, 0.05) is 30.5 Å². The first-order valence-electron chi connectivity index (χ1n) is 10.6. The first-order chi connectivity index (χ1) is 14.2. The van der Waals surface area contributed by atoms with E-state index in [2.05, 4.69) is 20.8 Å². The van der Waals surface area contributed by atoms with E-state index in [1.807, 2.05) is 41.3 Å².